The third kappa shape index (κ3) is 4.27. The first-order valence-electron chi connectivity index (χ1n) is 6.14. The lowest BCUT2D eigenvalue weighted by Gasteiger charge is -2.31. The summed E-state index contributed by atoms with van der Waals surface area (Å²) in [6, 6.07) is 4.68. The van der Waals surface area contributed by atoms with Crippen molar-refractivity contribution in [1.29, 1.82) is 0 Å². The largest absolute Gasteiger partial charge is 0.491 e. The Kier molecular flexibility index (Phi) is 5.11. The van der Waals surface area contributed by atoms with E-state index in [1.165, 1.54) is 12.1 Å². The first-order chi connectivity index (χ1) is 8.36. The lowest BCUT2D eigenvalue weighted by molar-refractivity contribution is 0.108. The molecule has 4 heteroatoms. The Balaban J connectivity index is 2.70. The summed E-state index contributed by atoms with van der Waals surface area (Å²) >= 11 is 0. The van der Waals surface area contributed by atoms with E-state index in [9.17, 15) is 9.50 Å². The third-order valence-corrected chi connectivity index (χ3v) is 2.68. The molecule has 0 bridgehead atoms. The number of rotatable bonds is 6. The van der Waals surface area contributed by atoms with E-state index < -0.39 is 5.54 Å². The van der Waals surface area contributed by atoms with Crippen LogP contribution in [0.5, 0.6) is 5.75 Å². The molecule has 0 heterocycles. The van der Waals surface area contributed by atoms with Crippen molar-refractivity contribution >= 4 is 0 Å². The van der Waals surface area contributed by atoms with Crippen molar-refractivity contribution in [2.75, 3.05) is 13.2 Å². The predicted molar refractivity (Wildman–Crippen MR) is 70.4 cm³/mol. The number of benzene rings is 1. The number of nitrogens with one attached hydrogen (secondary N) is 1. The molecule has 1 aromatic rings. The van der Waals surface area contributed by atoms with Crippen LogP contribution >= 0.6 is 0 Å². The number of aliphatic hydroxyl groups is 1. The van der Waals surface area contributed by atoms with Gasteiger partial charge in [0.1, 0.15) is 18.2 Å². The highest BCUT2D eigenvalue weighted by atomic mass is 19.1. The van der Waals surface area contributed by atoms with Crippen molar-refractivity contribution in [3.05, 3.63) is 29.6 Å². The summed E-state index contributed by atoms with van der Waals surface area (Å²) in [5, 5.41) is 12.7. The molecule has 18 heavy (non-hydrogen) atoms. The molecule has 0 spiro atoms. The molecule has 0 saturated carbocycles. The number of halogens is 1. The van der Waals surface area contributed by atoms with Crippen molar-refractivity contribution < 1.29 is 14.2 Å². The van der Waals surface area contributed by atoms with Gasteiger partial charge in [-0.3, -0.25) is 0 Å². The third-order valence-electron chi connectivity index (χ3n) is 2.68. The van der Waals surface area contributed by atoms with Crippen LogP contribution in [-0.4, -0.2) is 29.9 Å². The van der Waals surface area contributed by atoms with Gasteiger partial charge >= 0.3 is 0 Å². The van der Waals surface area contributed by atoms with Gasteiger partial charge < -0.3 is 15.2 Å². The first-order valence-corrected chi connectivity index (χ1v) is 6.14. The van der Waals surface area contributed by atoms with E-state index in [0.29, 0.717) is 5.75 Å². The van der Waals surface area contributed by atoms with E-state index in [4.69, 9.17) is 4.74 Å². The molecule has 1 aromatic carbocycles. The summed E-state index contributed by atoms with van der Waals surface area (Å²) in [6.45, 7) is 7.98. The van der Waals surface area contributed by atoms with E-state index in [1.807, 2.05) is 27.7 Å². The summed E-state index contributed by atoms with van der Waals surface area (Å²) < 4.78 is 18.7. The van der Waals surface area contributed by atoms with Crippen LogP contribution in [0.4, 0.5) is 4.39 Å². The molecule has 0 aliphatic heterocycles. The van der Waals surface area contributed by atoms with E-state index in [2.05, 4.69) is 5.32 Å². The summed E-state index contributed by atoms with van der Waals surface area (Å²) in [6.07, 6.45) is 0. The zero-order valence-corrected chi connectivity index (χ0v) is 11.5. The maximum absolute atomic E-state index is 13.1. The Morgan fingerprint density at radius 3 is 2.67 bits per heavy atom. The molecule has 3 nitrogen and oxygen atoms in total. The molecule has 102 valence electrons. The summed E-state index contributed by atoms with van der Waals surface area (Å²) in [5.74, 6) is 0.193. The molecule has 1 atom stereocenters. The van der Waals surface area contributed by atoms with Gasteiger partial charge in [-0.1, -0.05) is 19.9 Å². The zero-order chi connectivity index (χ0) is 13.8. The fourth-order valence-electron chi connectivity index (χ4n) is 1.80. The topological polar surface area (TPSA) is 41.5 Å². The Labute approximate surface area is 108 Å². The van der Waals surface area contributed by atoms with Gasteiger partial charge in [0, 0.05) is 12.1 Å². The minimum absolute atomic E-state index is 0.0421. The molecule has 1 rings (SSSR count). The number of aliphatic hydroxyl groups excluding tert-OH is 1. The number of hydrogen-bond acceptors (Lipinski definition) is 3. The second kappa shape index (κ2) is 6.16. The van der Waals surface area contributed by atoms with Crippen LogP contribution in [-0.2, 0) is 0 Å². The highest BCUT2D eigenvalue weighted by Crippen LogP contribution is 2.20. The highest BCUT2D eigenvalue weighted by molar-refractivity contribution is 5.32. The number of hydrogen-bond donors (Lipinski definition) is 2. The molecule has 0 aliphatic carbocycles. The van der Waals surface area contributed by atoms with Gasteiger partial charge in [0.25, 0.3) is 0 Å². The van der Waals surface area contributed by atoms with Gasteiger partial charge in [0.05, 0.1) is 12.1 Å². The monoisotopic (exact) mass is 255 g/mol. The van der Waals surface area contributed by atoms with Crippen LogP contribution < -0.4 is 10.1 Å². The summed E-state index contributed by atoms with van der Waals surface area (Å²) in [4.78, 5) is 0. The molecule has 2 N–H and O–H groups in total. The van der Waals surface area contributed by atoms with Crippen LogP contribution in [0, 0.1) is 12.7 Å². The van der Waals surface area contributed by atoms with Crippen LogP contribution in [0.2, 0.25) is 0 Å². The van der Waals surface area contributed by atoms with Gasteiger partial charge in [-0.2, -0.15) is 0 Å². The van der Waals surface area contributed by atoms with Crippen molar-refractivity contribution in [2.24, 2.45) is 0 Å². The van der Waals surface area contributed by atoms with Gasteiger partial charge in [-0.15, -0.1) is 0 Å². The van der Waals surface area contributed by atoms with Crippen LogP contribution in [0.3, 0.4) is 0 Å². The van der Waals surface area contributed by atoms with Crippen molar-refractivity contribution in [3.8, 4) is 5.75 Å². The quantitative estimate of drug-likeness (QED) is 0.819. The van der Waals surface area contributed by atoms with Crippen molar-refractivity contribution in [2.45, 2.75) is 39.3 Å². The van der Waals surface area contributed by atoms with Crippen molar-refractivity contribution in [1.82, 2.24) is 5.32 Å². The molecule has 0 aromatic heterocycles. The van der Waals surface area contributed by atoms with Gasteiger partial charge in [0.2, 0.25) is 0 Å². The average Bonchev–Trinajstić information content (AvgIpc) is 2.29. The summed E-state index contributed by atoms with van der Waals surface area (Å²) in [7, 11) is 0. The van der Waals surface area contributed by atoms with Crippen molar-refractivity contribution in [3.63, 3.8) is 0 Å². The van der Waals surface area contributed by atoms with E-state index in [0.717, 1.165) is 5.56 Å². The zero-order valence-electron chi connectivity index (χ0n) is 11.5. The minimum Gasteiger partial charge on any atom is -0.491 e. The first kappa shape index (κ1) is 14.9. The van der Waals surface area contributed by atoms with E-state index in [-0.39, 0.29) is 25.1 Å². The SMILES string of the molecule is Cc1ccc(F)cc1OCC(C)(CO)NC(C)C. The van der Waals surface area contributed by atoms with Gasteiger partial charge in [-0.05, 0) is 25.5 Å². The van der Waals surface area contributed by atoms with Crippen LogP contribution in [0.1, 0.15) is 26.3 Å². The standard InChI is InChI=1S/C14H22FNO2/c1-10(2)16-14(4,8-17)9-18-13-7-12(15)6-5-11(13)3/h5-7,10,16-17H,8-9H2,1-4H3. The predicted octanol–water partition coefficient (Wildman–Crippen LogP) is 2.26. The Morgan fingerprint density at radius 1 is 1.44 bits per heavy atom. The Bertz CT molecular complexity index is 395. The van der Waals surface area contributed by atoms with Gasteiger partial charge in [-0.25, -0.2) is 4.39 Å². The highest BCUT2D eigenvalue weighted by Gasteiger charge is 2.25. The Hall–Kier alpha value is -1.13. The molecule has 0 aliphatic rings. The second-order valence-corrected chi connectivity index (χ2v) is 5.22. The molecule has 1 unspecified atom stereocenters. The van der Waals surface area contributed by atoms with Crippen LogP contribution in [0.15, 0.2) is 18.2 Å². The lowest BCUT2D eigenvalue weighted by Crippen LogP contribution is -2.53. The molecule has 0 radical (unpaired) electrons. The number of ether oxygens (including phenoxy) is 1. The fourth-order valence-corrected chi connectivity index (χ4v) is 1.80. The maximum Gasteiger partial charge on any atom is 0.126 e. The summed E-state index contributed by atoms with van der Waals surface area (Å²) in [5.41, 5.74) is 0.341. The maximum atomic E-state index is 13.1. The minimum atomic E-state index is -0.535. The van der Waals surface area contributed by atoms with Gasteiger partial charge in [0.15, 0.2) is 0 Å². The molecule has 0 saturated heterocycles. The average molecular weight is 255 g/mol. The smallest absolute Gasteiger partial charge is 0.126 e. The van der Waals surface area contributed by atoms with E-state index in [1.54, 1.807) is 6.07 Å². The second-order valence-electron chi connectivity index (χ2n) is 5.22. The fraction of sp³-hybridized carbons (Fsp3) is 0.571. The Morgan fingerprint density at radius 2 is 2.11 bits per heavy atom. The van der Waals surface area contributed by atoms with Crippen LogP contribution in [0.25, 0.3) is 0 Å². The molecular formula is C14H22FNO2. The number of aryl methyl sites for hydroxylation is 1. The molecule has 0 fully saturated rings. The lowest BCUT2D eigenvalue weighted by atomic mass is 10.0. The normalized spacial score (nSPS) is 14.6. The molecule has 0 amide bonds. The van der Waals surface area contributed by atoms with E-state index >= 15 is 0 Å². The molecular weight excluding hydrogens is 233 g/mol.